The van der Waals surface area contributed by atoms with Gasteiger partial charge in [0.15, 0.2) is 5.13 Å². The van der Waals surface area contributed by atoms with Gasteiger partial charge in [0.2, 0.25) is 0 Å². The summed E-state index contributed by atoms with van der Waals surface area (Å²) < 4.78 is 6.51. The second-order valence-electron chi connectivity index (χ2n) is 5.42. The smallest absolute Gasteiger partial charge is 0.257 e. The standard InChI is InChI=1S/C18H17ClN2O2S/c1-3-8-23-13-6-4-12(5-7-13)17(22)21-18-20-15-10-14(19)11(2)9-16(15)24-18/h4-7,9-10H,3,8H2,1-2H3,(H,20,21,22). The molecule has 0 atom stereocenters. The first-order chi connectivity index (χ1) is 11.6. The summed E-state index contributed by atoms with van der Waals surface area (Å²) >= 11 is 7.55. The molecule has 0 fully saturated rings. The van der Waals surface area contributed by atoms with Gasteiger partial charge in [-0.25, -0.2) is 4.98 Å². The molecule has 0 spiro atoms. The van der Waals surface area contributed by atoms with E-state index in [0.717, 1.165) is 28.0 Å². The maximum atomic E-state index is 12.3. The van der Waals surface area contributed by atoms with E-state index in [1.165, 1.54) is 11.3 Å². The largest absolute Gasteiger partial charge is 0.494 e. The quantitative estimate of drug-likeness (QED) is 0.671. The van der Waals surface area contributed by atoms with E-state index in [-0.39, 0.29) is 5.91 Å². The zero-order valence-corrected chi connectivity index (χ0v) is 15.0. The third kappa shape index (κ3) is 3.68. The summed E-state index contributed by atoms with van der Waals surface area (Å²) in [6.07, 6.45) is 0.948. The van der Waals surface area contributed by atoms with Crippen LogP contribution in [0.4, 0.5) is 5.13 Å². The van der Waals surface area contributed by atoms with Crippen LogP contribution in [0.3, 0.4) is 0 Å². The third-order valence-electron chi connectivity index (χ3n) is 3.48. The van der Waals surface area contributed by atoms with Crippen LogP contribution in [0.2, 0.25) is 5.02 Å². The number of amides is 1. The van der Waals surface area contributed by atoms with Crippen molar-refractivity contribution in [3.63, 3.8) is 0 Å². The normalized spacial score (nSPS) is 10.8. The maximum absolute atomic E-state index is 12.3. The monoisotopic (exact) mass is 360 g/mol. The first-order valence-corrected chi connectivity index (χ1v) is 8.87. The Morgan fingerprint density at radius 2 is 2.04 bits per heavy atom. The molecule has 0 saturated carbocycles. The van der Waals surface area contributed by atoms with Crippen LogP contribution in [0.25, 0.3) is 10.2 Å². The highest BCUT2D eigenvalue weighted by atomic mass is 35.5. The summed E-state index contributed by atoms with van der Waals surface area (Å²) in [4.78, 5) is 16.8. The van der Waals surface area contributed by atoms with Crippen LogP contribution in [-0.4, -0.2) is 17.5 Å². The number of rotatable bonds is 5. The van der Waals surface area contributed by atoms with Gasteiger partial charge in [0.1, 0.15) is 5.75 Å². The molecule has 0 aliphatic rings. The average Bonchev–Trinajstić information content (AvgIpc) is 2.94. The first-order valence-electron chi connectivity index (χ1n) is 7.67. The molecular weight excluding hydrogens is 344 g/mol. The van der Waals surface area contributed by atoms with Crippen molar-refractivity contribution in [2.45, 2.75) is 20.3 Å². The van der Waals surface area contributed by atoms with Crippen molar-refractivity contribution in [3.05, 3.63) is 52.5 Å². The second kappa shape index (κ2) is 7.20. The highest BCUT2D eigenvalue weighted by molar-refractivity contribution is 7.22. The molecular formula is C18H17ClN2O2S. The minimum absolute atomic E-state index is 0.195. The number of anilines is 1. The maximum Gasteiger partial charge on any atom is 0.257 e. The van der Waals surface area contributed by atoms with E-state index in [2.05, 4.69) is 17.2 Å². The Morgan fingerprint density at radius 3 is 2.75 bits per heavy atom. The summed E-state index contributed by atoms with van der Waals surface area (Å²) in [5, 5.41) is 4.07. The Bertz CT molecular complexity index is 836. The van der Waals surface area contributed by atoms with Gasteiger partial charge in [0, 0.05) is 10.6 Å². The van der Waals surface area contributed by atoms with Crippen molar-refractivity contribution in [3.8, 4) is 5.75 Å². The highest BCUT2D eigenvalue weighted by Crippen LogP contribution is 2.30. The van der Waals surface area contributed by atoms with Crippen LogP contribution < -0.4 is 10.1 Å². The lowest BCUT2D eigenvalue weighted by Gasteiger charge is -2.05. The summed E-state index contributed by atoms with van der Waals surface area (Å²) in [5.41, 5.74) is 2.34. The van der Waals surface area contributed by atoms with Gasteiger partial charge in [-0.3, -0.25) is 10.1 Å². The summed E-state index contributed by atoms with van der Waals surface area (Å²) in [6.45, 7) is 4.66. The summed E-state index contributed by atoms with van der Waals surface area (Å²) in [5.74, 6) is 0.567. The van der Waals surface area contributed by atoms with E-state index in [4.69, 9.17) is 16.3 Å². The van der Waals surface area contributed by atoms with E-state index in [1.54, 1.807) is 24.3 Å². The van der Waals surface area contributed by atoms with Gasteiger partial charge in [0.25, 0.3) is 5.91 Å². The minimum atomic E-state index is -0.195. The van der Waals surface area contributed by atoms with Crippen molar-refractivity contribution < 1.29 is 9.53 Å². The lowest BCUT2D eigenvalue weighted by molar-refractivity contribution is 0.102. The van der Waals surface area contributed by atoms with Crippen LogP contribution in [0.15, 0.2) is 36.4 Å². The topological polar surface area (TPSA) is 51.2 Å². The number of nitrogens with zero attached hydrogens (tertiary/aromatic N) is 1. The number of hydrogen-bond acceptors (Lipinski definition) is 4. The molecule has 124 valence electrons. The fourth-order valence-electron chi connectivity index (χ4n) is 2.20. The number of carbonyl (C=O) groups excluding carboxylic acids is 1. The van der Waals surface area contributed by atoms with Gasteiger partial charge < -0.3 is 4.74 Å². The summed E-state index contributed by atoms with van der Waals surface area (Å²) in [6, 6.07) is 10.9. The number of halogens is 1. The van der Waals surface area contributed by atoms with Crippen molar-refractivity contribution >= 4 is 44.2 Å². The Morgan fingerprint density at radius 1 is 1.29 bits per heavy atom. The number of aryl methyl sites for hydroxylation is 1. The molecule has 0 unspecified atom stereocenters. The fourth-order valence-corrected chi connectivity index (χ4v) is 3.29. The molecule has 1 aromatic heterocycles. The number of fused-ring (bicyclic) bond motifs is 1. The Hall–Kier alpha value is -2.11. The van der Waals surface area contributed by atoms with Gasteiger partial charge in [-0.1, -0.05) is 29.9 Å². The zero-order chi connectivity index (χ0) is 17.1. The van der Waals surface area contributed by atoms with E-state index in [0.29, 0.717) is 22.3 Å². The second-order valence-corrected chi connectivity index (χ2v) is 6.85. The fraction of sp³-hybridized carbons (Fsp3) is 0.222. The van der Waals surface area contributed by atoms with Crippen LogP contribution >= 0.6 is 22.9 Å². The number of hydrogen-bond donors (Lipinski definition) is 1. The Labute approximate surface area is 149 Å². The Kier molecular flexibility index (Phi) is 5.02. The Balaban J connectivity index is 1.74. The molecule has 3 rings (SSSR count). The molecule has 4 nitrogen and oxygen atoms in total. The molecule has 6 heteroatoms. The lowest BCUT2D eigenvalue weighted by Crippen LogP contribution is -2.11. The van der Waals surface area contributed by atoms with Gasteiger partial charge in [0.05, 0.1) is 16.8 Å². The van der Waals surface area contributed by atoms with Gasteiger partial charge >= 0.3 is 0 Å². The highest BCUT2D eigenvalue weighted by Gasteiger charge is 2.11. The predicted molar refractivity (Wildman–Crippen MR) is 99.5 cm³/mol. The number of ether oxygens (including phenoxy) is 1. The van der Waals surface area contributed by atoms with E-state index in [1.807, 2.05) is 19.1 Å². The summed E-state index contributed by atoms with van der Waals surface area (Å²) in [7, 11) is 0. The van der Waals surface area contributed by atoms with E-state index in [9.17, 15) is 4.79 Å². The molecule has 0 saturated heterocycles. The molecule has 0 radical (unpaired) electrons. The SMILES string of the molecule is CCCOc1ccc(C(=O)Nc2nc3cc(Cl)c(C)cc3s2)cc1. The molecule has 1 heterocycles. The van der Waals surface area contributed by atoms with Crippen LogP contribution in [0, 0.1) is 6.92 Å². The molecule has 1 amide bonds. The molecule has 2 aromatic carbocycles. The van der Waals surface area contributed by atoms with Crippen LogP contribution in [0.5, 0.6) is 5.75 Å². The molecule has 24 heavy (non-hydrogen) atoms. The molecule has 0 aliphatic carbocycles. The van der Waals surface area contributed by atoms with Crippen molar-refractivity contribution in [1.82, 2.24) is 4.98 Å². The van der Waals surface area contributed by atoms with E-state index >= 15 is 0 Å². The molecule has 1 N–H and O–H groups in total. The van der Waals surface area contributed by atoms with Crippen LogP contribution in [0.1, 0.15) is 29.3 Å². The van der Waals surface area contributed by atoms with Crippen molar-refractivity contribution in [2.75, 3.05) is 11.9 Å². The van der Waals surface area contributed by atoms with Crippen molar-refractivity contribution in [2.24, 2.45) is 0 Å². The first kappa shape index (κ1) is 16.7. The molecule has 0 aliphatic heterocycles. The number of benzene rings is 2. The third-order valence-corrected chi connectivity index (χ3v) is 4.82. The van der Waals surface area contributed by atoms with Gasteiger partial charge in [-0.05, 0) is 55.3 Å². The minimum Gasteiger partial charge on any atom is -0.494 e. The predicted octanol–water partition coefficient (Wildman–Crippen LogP) is 5.30. The number of aromatic nitrogens is 1. The lowest BCUT2D eigenvalue weighted by atomic mass is 10.2. The van der Waals surface area contributed by atoms with Crippen molar-refractivity contribution in [1.29, 1.82) is 0 Å². The number of thiazole rings is 1. The van der Waals surface area contributed by atoms with Gasteiger partial charge in [-0.2, -0.15) is 0 Å². The number of carbonyl (C=O) groups is 1. The zero-order valence-electron chi connectivity index (χ0n) is 13.4. The molecule has 0 bridgehead atoms. The number of nitrogens with one attached hydrogen (secondary N) is 1. The van der Waals surface area contributed by atoms with E-state index < -0.39 is 0 Å². The average molecular weight is 361 g/mol. The molecule has 3 aromatic rings. The van der Waals surface area contributed by atoms with Gasteiger partial charge in [-0.15, -0.1) is 0 Å². The van der Waals surface area contributed by atoms with Crippen LogP contribution in [-0.2, 0) is 0 Å².